The molecule has 0 unspecified atom stereocenters. The first kappa shape index (κ1) is 14.2. The fourth-order valence-corrected chi connectivity index (χ4v) is 2.02. The van der Waals surface area contributed by atoms with Crippen molar-refractivity contribution >= 4 is 11.6 Å². The number of anilines is 1. The molecule has 4 nitrogen and oxygen atoms in total. The van der Waals surface area contributed by atoms with Crippen LogP contribution in [0.5, 0.6) is 0 Å². The maximum Gasteiger partial charge on any atom is 0.255 e. The minimum Gasteiger partial charge on any atom is -0.325 e. The topological polar surface area (TPSA) is 68.0 Å². The summed E-state index contributed by atoms with van der Waals surface area (Å²) >= 11 is 0. The number of hydrogen-bond acceptors (Lipinski definition) is 3. The van der Waals surface area contributed by atoms with Gasteiger partial charge >= 0.3 is 0 Å². The summed E-state index contributed by atoms with van der Waals surface area (Å²) in [5.41, 5.74) is 11.1. The van der Waals surface area contributed by atoms with Crippen molar-refractivity contribution in [3.8, 4) is 0 Å². The summed E-state index contributed by atoms with van der Waals surface area (Å²) in [4.78, 5) is 16.3. The molecule has 2 rings (SSSR count). The molecule has 3 N–H and O–H groups in total. The maximum atomic E-state index is 12.3. The van der Waals surface area contributed by atoms with E-state index in [0.717, 1.165) is 16.8 Å². The number of pyridine rings is 1. The summed E-state index contributed by atoms with van der Waals surface area (Å²) < 4.78 is 0. The van der Waals surface area contributed by atoms with E-state index in [4.69, 9.17) is 5.73 Å². The Morgan fingerprint density at radius 1 is 1.15 bits per heavy atom. The van der Waals surface area contributed by atoms with E-state index in [2.05, 4.69) is 23.3 Å². The molecular weight excluding hydrogens is 250 g/mol. The molecule has 1 heterocycles. The monoisotopic (exact) mass is 269 g/mol. The van der Waals surface area contributed by atoms with Crippen molar-refractivity contribution in [1.82, 2.24) is 4.98 Å². The van der Waals surface area contributed by atoms with Gasteiger partial charge in [0.05, 0.1) is 5.69 Å². The number of nitrogens with zero attached hydrogens (tertiary/aromatic N) is 1. The lowest BCUT2D eigenvalue weighted by Crippen LogP contribution is -2.14. The molecular formula is C16H19N3O. The molecule has 0 fully saturated rings. The predicted octanol–water partition coefficient (Wildman–Crippen LogP) is 2.72. The van der Waals surface area contributed by atoms with Gasteiger partial charge in [-0.25, -0.2) is 0 Å². The Morgan fingerprint density at radius 2 is 1.85 bits per heavy atom. The second-order valence-electron chi connectivity index (χ2n) is 4.95. The SMILES string of the molecule is Cc1cc(C)c(NC(=O)c2ccnc(CN)c2)cc1C. The smallest absolute Gasteiger partial charge is 0.255 e. The van der Waals surface area contributed by atoms with Gasteiger partial charge in [0, 0.05) is 24.0 Å². The van der Waals surface area contributed by atoms with Crippen molar-refractivity contribution in [2.24, 2.45) is 5.73 Å². The second-order valence-corrected chi connectivity index (χ2v) is 4.95. The number of aryl methyl sites for hydroxylation is 3. The number of amides is 1. The van der Waals surface area contributed by atoms with Crippen LogP contribution in [0.1, 0.15) is 32.7 Å². The predicted molar refractivity (Wildman–Crippen MR) is 80.7 cm³/mol. The van der Waals surface area contributed by atoms with E-state index in [-0.39, 0.29) is 5.91 Å². The van der Waals surface area contributed by atoms with Gasteiger partial charge in [0.1, 0.15) is 0 Å². The quantitative estimate of drug-likeness (QED) is 0.900. The third-order valence-electron chi connectivity index (χ3n) is 3.38. The van der Waals surface area contributed by atoms with E-state index in [0.29, 0.717) is 17.8 Å². The highest BCUT2D eigenvalue weighted by molar-refractivity contribution is 6.04. The van der Waals surface area contributed by atoms with E-state index in [1.807, 2.05) is 19.9 Å². The Balaban J connectivity index is 2.25. The van der Waals surface area contributed by atoms with Crippen molar-refractivity contribution in [2.45, 2.75) is 27.3 Å². The number of nitrogens with two attached hydrogens (primary N) is 1. The van der Waals surface area contributed by atoms with Gasteiger partial charge in [0.15, 0.2) is 0 Å². The highest BCUT2D eigenvalue weighted by Crippen LogP contribution is 2.20. The van der Waals surface area contributed by atoms with Gasteiger partial charge in [-0.05, 0) is 55.7 Å². The fraction of sp³-hybridized carbons (Fsp3) is 0.250. The van der Waals surface area contributed by atoms with Gasteiger partial charge in [-0.15, -0.1) is 0 Å². The summed E-state index contributed by atoms with van der Waals surface area (Å²) in [6.45, 7) is 6.40. The zero-order chi connectivity index (χ0) is 14.7. The Morgan fingerprint density at radius 3 is 2.55 bits per heavy atom. The average molecular weight is 269 g/mol. The molecule has 1 aromatic heterocycles. The van der Waals surface area contributed by atoms with E-state index >= 15 is 0 Å². The van der Waals surface area contributed by atoms with Crippen molar-refractivity contribution < 1.29 is 4.79 Å². The minimum atomic E-state index is -0.145. The van der Waals surface area contributed by atoms with Crippen LogP contribution in [0.15, 0.2) is 30.5 Å². The molecule has 1 amide bonds. The summed E-state index contributed by atoms with van der Waals surface area (Å²) in [7, 11) is 0. The van der Waals surface area contributed by atoms with Crippen LogP contribution < -0.4 is 11.1 Å². The Kier molecular flexibility index (Phi) is 4.15. The maximum absolute atomic E-state index is 12.3. The lowest BCUT2D eigenvalue weighted by molar-refractivity contribution is 0.102. The van der Waals surface area contributed by atoms with Crippen molar-refractivity contribution in [3.63, 3.8) is 0 Å². The molecule has 0 aliphatic heterocycles. The average Bonchev–Trinajstić information content (AvgIpc) is 2.44. The third-order valence-corrected chi connectivity index (χ3v) is 3.38. The van der Waals surface area contributed by atoms with E-state index in [1.165, 1.54) is 5.56 Å². The van der Waals surface area contributed by atoms with Gasteiger partial charge in [-0.2, -0.15) is 0 Å². The van der Waals surface area contributed by atoms with Crippen LogP contribution in [0.3, 0.4) is 0 Å². The highest BCUT2D eigenvalue weighted by Gasteiger charge is 2.09. The Labute approximate surface area is 119 Å². The third kappa shape index (κ3) is 3.03. The van der Waals surface area contributed by atoms with Crippen LogP contribution in [0.2, 0.25) is 0 Å². The number of hydrogen-bond donors (Lipinski definition) is 2. The van der Waals surface area contributed by atoms with Crippen LogP contribution in [-0.2, 0) is 6.54 Å². The first-order valence-corrected chi connectivity index (χ1v) is 6.55. The largest absolute Gasteiger partial charge is 0.325 e. The lowest BCUT2D eigenvalue weighted by atomic mass is 10.0. The number of benzene rings is 1. The molecule has 0 radical (unpaired) electrons. The normalized spacial score (nSPS) is 10.4. The summed E-state index contributed by atoms with van der Waals surface area (Å²) in [5, 5.41) is 2.94. The van der Waals surface area contributed by atoms with Crippen molar-refractivity contribution in [1.29, 1.82) is 0 Å². The second kappa shape index (κ2) is 5.84. The van der Waals surface area contributed by atoms with E-state index in [9.17, 15) is 4.79 Å². The van der Waals surface area contributed by atoms with Gasteiger partial charge < -0.3 is 11.1 Å². The van der Waals surface area contributed by atoms with Gasteiger partial charge in [0.25, 0.3) is 5.91 Å². The zero-order valence-electron chi connectivity index (χ0n) is 12.0. The number of nitrogens with one attached hydrogen (secondary N) is 1. The number of carbonyl (C=O) groups is 1. The molecule has 1 aromatic carbocycles. The van der Waals surface area contributed by atoms with Gasteiger partial charge in [0.2, 0.25) is 0 Å². The van der Waals surface area contributed by atoms with Crippen LogP contribution in [0, 0.1) is 20.8 Å². The molecule has 4 heteroatoms. The van der Waals surface area contributed by atoms with Gasteiger partial charge in [-0.1, -0.05) is 6.07 Å². The molecule has 104 valence electrons. The summed E-state index contributed by atoms with van der Waals surface area (Å²) in [6.07, 6.45) is 1.60. The molecule has 0 aliphatic carbocycles. The van der Waals surface area contributed by atoms with E-state index < -0.39 is 0 Å². The molecule has 20 heavy (non-hydrogen) atoms. The molecule has 0 spiro atoms. The first-order valence-electron chi connectivity index (χ1n) is 6.55. The Hall–Kier alpha value is -2.20. The first-order chi connectivity index (χ1) is 9.51. The number of rotatable bonds is 3. The van der Waals surface area contributed by atoms with Crippen molar-refractivity contribution in [3.05, 3.63) is 58.4 Å². The molecule has 2 aromatic rings. The van der Waals surface area contributed by atoms with Crippen LogP contribution >= 0.6 is 0 Å². The molecule has 0 saturated carbocycles. The fourth-order valence-electron chi connectivity index (χ4n) is 2.02. The Bertz CT molecular complexity index is 650. The lowest BCUT2D eigenvalue weighted by Gasteiger charge is -2.11. The minimum absolute atomic E-state index is 0.145. The standard InChI is InChI=1S/C16H19N3O/c1-10-6-12(3)15(7-11(10)2)19-16(20)13-4-5-18-14(8-13)9-17/h4-8H,9,17H2,1-3H3,(H,19,20). The van der Waals surface area contributed by atoms with Crippen LogP contribution in [0.25, 0.3) is 0 Å². The molecule has 0 aliphatic rings. The summed E-state index contributed by atoms with van der Waals surface area (Å²) in [5.74, 6) is -0.145. The number of aromatic nitrogens is 1. The molecule has 0 atom stereocenters. The zero-order valence-corrected chi connectivity index (χ0v) is 12.0. The summed E-state index contributed by atoms with van der Waals surface area (Å²) in [6, 6.07) is 7.47. The number of carbonyl (C=O) groups excluding carboxylic acids is 1. The molecule has 0 saturated heterocycles. The van der Waals surface area contributed by atoms with Gasteiger partial charge in [-0.3, -0.25) is 9.78 Å². The van der Waals surface area contributed by atoms with Crippen LogP contribution in [-0.4, -0.2) is 10.9 Å². The van der Waals surface area contributed by atoms with Crippen LogP contribution in [0.4, 0.5) is 5.69 Å². The highest BCUT2D eigenvalue weighted by atomic mass is 16.1. The molecule has 0 bridgehead atoms. The van der Waals surface area contributed by atoms with Crippen molar-refractivity contribution in [2.75, 3.05) is 5.32 Å². The van der Waals surface area contributed by atoms with E-state index in [1.54, 1.807) is 18.3 Å².